The third kappa shape index (κ3) is 4.08. The van der Waals surface area contributed by atoms with Crippen molar-refractivity contribution in [1.29, 1.82) is 0 Å². The molecule has 8 heteroatoms. The third-order valence-electron chi connectivity index (χ3n) is 5.82. The van der Waals surface area contributed by atoms with Crippen LogP contribution in [-0.4, -0.2) is 27.7 Å². The molecule has 0 spiro atoms. The summed E-state index contributed by atoms with van der Waals surface area (Å²) in [5.41, 5.74) is 3.71. The molecule has 34 heavy (non-hydrogen) atoms. The van der Waals surface area contributed by atoms with Gasteiger partial charge in [-0.15, -0.1) is 0 Å². The van der Waals surface area contributed by atoms with Crippen molar-refractivity contribution >= 4 is 50.1 Å². The van der Waals surface area contributed by atoms with Gasteiger partial charge in [0.1, 0.15) is 0 Å². The lowest BCUT2D eigenvalue weighted by atomic mass is 10.1. The molecule has 7 nitrogen and oxygen atoms in total. The average Bonchev–Trinajstić information content (AvgIpc) is 3.45. The molecule has 3 heterocycles. The highest BCUT2D eigenvalue weighted by molar-refractivity contribution is 7.22. The molecule has 0 atom stereocenters. The molecule has 0 N–H and O–H groups in total. The smallest absolute Gasteiger partial charge is 0.260 e. The molecule has 1 aliphatic heterocycles. The topological polar surface area (TPSA) is 83.5 Å². The first-order chi connectivity index (χ1) is 16.5. The van der Waals surface area contributed by atoms with Gasteiger partial charge in [-0.05, 0) is 54.4 Å². The van der Waals surface area contributed by atoms with Crippen LogP contribution in [0, 0.1) is 0 Å². The number of carbonyl (C=O) groups excluding carboxylic acids is 3. The summed E-state index contributed by atoms with van der Waals surface area (Å²) in [6.07, 6.45) is 2.98. The standard InChI is InChI=1S/C26H22N4O3S/c1-2-17-6-5-8-21-24(17)28-26(34-21)29(16-19-7-3-4-15-27-19)25(33)18-9-11-20(12-10-18)30-22(31)13-14-23(30)32/h3-12,15H,2,13-14,16H2,1H3. The van der Waals surface area contributed by atoms with Crippen molar-refractivity contribution in [2.75, 3.05) is 9.80 Å². The first kappa shape index (κ1) is 21.9. The normalized spacial score (nSPS) is 13.6. The highest BCUT2D eigenvalue weighted by Crippen LogP contribution is 2.33. The fraction of sp³-hybridized carbons (Fsp3) is 0.192. The summed E-state index contributed by atoms with van der Waals surface area (Å²) in [6, 6.07) is 18.2. The summed E-state index contributed by atoms with van der Waals surface area (Å²) in [6.45, 7) is 2.35. The Bertz CT molecular complexity index is 1370. The van der Waals surface area contributed by atoms with E-state index in [4.69, 9.17) is 4.98 Å². The van der Waals surface area contributed by atoms with Gasteiger partial charge in [-0.25, -0.2) is 4.98 Å². The van der Waals surface area contributed by atoms with Crippen LogP contribution in [0.2, 0.25) is 0 Å². The van der Waals surface area contributed by atoms with Gasteiger partial charge >= 0.3 is 0 Å². The van der Waals surface area contributed by atoms with Gasteiger partial charge in [0.2, 0.25) is 11.8 Å². The zero-order valence-corrected chi connectivity index (χ0v) is 19.4. The van der Waals surface area contributed by atoms with Crippen LogP contribution >= 0.6 is 11.3 Å². The molecule has 0 bridgehead atoms. The second-order valence-electron chi connectivity index (χ2n) is 8.00. The van der Waals surface area contributed by atoms with Crippen LogP contribution in [0.4, 0.5) is 10.8 Å². The average molecular weight is 471 g/mol. The molecule has 170 valence electrons. The van der Waals surface area contributed by atoms with Crippen molar-refractivity contribution in [3.63, 3.8) is 0 Å². The van der Waals surface area contributed by atoms with E-state index >= 15 is 0 Å². The molecular weight excluding hydrogens is 448 g/mol. The largest absolute Gasteiger partial charge is 0.278 e. The minimum Gasteiger partial charge on any atom is -0.278 e. The summed E-state index contributed by atoms with van der Waals surface area (Å²) in [4.78, 5) is 49.8. The van der Waals surface area contributed by atoms with Crippen LogP contribution in [-0.2, 0) is 22.6 Å². The number of hydrogen-bond donors (Lipinski definition) is 0. The van der Waals surface area contributed by atoms with E-state index in [1.165, 1.54) is 16.2 Å². The molecule has 5 rings (SSSR count). The monoisotopic (exact) mass is 470 g/mol. The van der Waals surface area contributed by atoms with Crippen molar-refractivity contribution < 1.29 is 14.4 Å². The maximum atomic E-state index is 13.7. The predicted molar refractivity (Wildman–Crippen MR) is 132 cm³/mol. The van der Waals surface area contributed by atoms with E-state index < -0.39 is 0 Å². The molecule has 1 aliphatic rings. The number of amides is 3. The highest BCUT2D eigenvalue weighted by atomic mass is 32.1. The quantitative estimate of drug-likeness (QED) is 0.380. The summed E-state index contributed by atoms with van der Waals surface area (Å²) in [7, 11) is 0. The minimum atomic E-state index is -0.228. The summed E-state index contributed by atoms with van der Waals surface area (Å²) < 4.78 is 1.02. The molecule has 0 aliphatic carbocycles. The summed E-state index contributed by atoms with van der Waals surface area (Å²) >= 11 is 1.47. The van der Waals surface area contributed by atoms with Crippen LogP contribution in [0.5, 0.6) is 0 Å². The molecule has 2 aromatic heterocycles. The zero-order valence-electron chi connectivity index (χ0n) is 18.6. The van der Waals surface area contributed by atoms with Crippen LogP contribution in [0.15, 0.2) is 66.9 Å². The Kier molecular flexibility index (Phi) is 5.90. The lowest BCUT2D eigenvalue weighted by Crippen LogP contribution is -2.31. The van der Waals surface area contributed by atoms with E-state index in [0.717, 1.165) is 27.9 Å². The van der Waals surface area contributed by atoms with Crippen LogP contribution < -0.4 is 9.80 Å². The predicted octanol–water partition coefficient (Wildman–Crippen LogP) is 4.75. The Hall–Kier alpha value is -3.91. The lowest BCUT2D eigenvalue weighted by molar-refractivity contribution is -0.121. The lowest BCUT2D eigenvalue weighted by Gasteiger charge is -2.20. The maximum absolute atomic E-state index is 13.7. The number of carbonyl (C=O) groups is 3. The molecule has 3 amide bonds. The van der Waals surface area contributed by atoms with Gasteiger partial charge in [0.15, 0.2) is 5.13 Å². The number of rotatable bonds is 6. The van der Waals surface area contributed by atoms with E-state index in [1.807, 2.05) is 30.3 Å². The Labute approximate surface area is 200 Å². The van der Waals surface area contributed by atoms with Gasteiger partial charge < -0.3 is 0 Å². The van der Waals surface area contributed by atoms with Gasteiger partial charge in [0, 0.05) is 24.6 Å². The number of nitrogens with zero attached hydrogens (tertiary/aromatic N) is 4. The van der Waals surface area contributed by atoms with Crippen LogP contribution in [0.25, 0.3) is 10.2 Å². The van der Waals surface area contributed by atoms with Crippen LogP contribution in [0.3, 0.4) is 0 Å². The molecule has 0 saturated carbocycles. The van der Waals surface area contributed by atoms with Crippen molar-refractivity contribution in [2.24, 2.45) is 0 Å². The Balaban J connectivity index is 1.51. The van der Waals surface area contributed by atoms with Gasteiger partial charge in [-0.1, -0.05) is 36.5 Å². The van der Waals surface area contributed by atoms with Gasteiger partial charge in [0.05, 0.1) is 28.1 Å². The summed E-state index contributed by atoms with van der Waals surface area (Å²) in [5, 5.41) is 0.598. The number of thiazole rings is 1. The SMILES string of the molecule is CCc1cccc2sc(N(Cc3ccccn3)C(=O)c3ccc(N4C(=O)CCC4=O)cc3)nc12. The molecular formula is C26H22N4O3S. The number of anilines is 2. The van der Waals surface area contributed by atoms with Crippen LogP contribution in [0.1, 0.15) is 41.4 Å². The second-order valence-corrected chi connectivity index (χ2v) is 9.01. The van der Waals surface area contributed by atoms with E-state index in [1.54, 1.807) is 35.4 Å². The number of pyridine rings is 1. The molecule has 0 radical (unpaired) electrons. The third-order valence-corrected chi connectivity index (χ3v) is 6.86. The van der Waals surface area contributed by atoms with E-state index in [0.29, 0.717) is 16.4 Å². The van der Waals surface area contributed by atoms with Crippen molar-refractivity contribution in [3.8, 4) is 0 Å². The molecule has 4 aromatic rings. The number of aromatic nitrogens is 2. The summed E-state index contributed by atoms with van der Waals surface area (Å²) in [5.74, 6) is -0.669. The molecule has 2 aromatic carbocycles. The first-order valence-electron chi connectivity index (χ1n) is 11.1. The number of benzene rings is 2. The Morgan fingerprint density at radius 2 is 1.76 bits per heavy atom. The van der Waals surface area contributed by atoms with Crippen molar-refractivity contribution in [1.82, 2.24) is 9.97 Å². The van der Waals surface area contributed by atoms with E-state index in [-0.39, 0.29) is 37.1 Å². The molecule has 0 unspecified atom stereocenters. The first-order valence-corrected chi connectivity index (χ1v) is 11.9. The Morgan fingerprint density at radius 3 is 2.44 bits per heavy atom. The zero-order chi connectivity index (χ0) is 23.7. The fourth-order valence-electron chi connectivity index (χ4n) is 4.05. The minimum absolute atomic E-state index is 0.217. The van der Waals surface area contributed by atoms with Gasteiger partial charge in [0.25, 0.3) is 5.91 Å². The van der Waals surface area contributed by atoms with Gasteiger partial charge in [-0.2, -0.15) is 0 Å². The number of imide groups is 1. The molecule has 1 saturated heterocycles. The van der Waals surface area contributed by atoms with Crippen molar-refractivity contribution in [3.05, 3.63) is 83.7 Å². The highest BCUT2D eigenvalue weighted by Gasteiger charge is 2.30. The maximum Gasteiger partial charge on any atom is 0.260 e. The number of aryl methyl sites for hydroxylation is 1. The van der Waals surface area contributed by atoms with Gasteiger partial charge in [-0.3, -0.25) is 29.2 Å². The second kappa shape index (κ2) is 9.15. The fourth-order valence-corrected chi connectivity index (χ4v) is 5.06. The van der Waals surface area contributed by atoms with E-state index in [9.17, 15) is 14.4 Å². The van der Waals surface area contributed by atoms with E-state index in [2.05, 4.69) is 18.0 Å². The number of fused-ring (bicyclic) bond motifs is 1. The molecule has 1 fully saturated rings. The number of para-hydroxylation sites is 1. The number of hydrogen-bond acceptors (Lipinski definition) is 6. The van der Waals surface area contributed by atoms with Crippen molar-refractivity contribution in [2.45, 2.75) is 32.7 Å². The Morgan fingerprint density at radius 1 is 1.00 bits per heavy atom.